The summed E-state index contributed by atoms with van der Waals surface area (Å²) in [4.78, 5) is 2.59. The smallest absolute Gasteiger partial charge is 0.0799 e. The maximum Gasteiger partial charge on any atom is 0.0799 e. The lowest BCUT2D eigenvalue weighted by Gasteiger charge is -2.42. The van der Waals surface area contributed by atoms with Gasteiger partial charge in [0.15, 0.2) is 0 Å². The first-order valence-corrected chi connectivity index (χ1v) is 7.89. The quantitative estimate of drug-likeness (QED) is 0.796. The Kier molecular flexibility index (Phi) is 3.73. The molecule has 18 heavy (non-hydrogen) atoms. The van der Waals surface area contributed by atoms with Gasteiger partial charge in [0.1, 0.15) is 0 Å². The molecule has 3 rings (SSSR count). The van der Waals surface area contributed by atoms with Gasteiger partial charge in [0, 0.05) is 30.4 Å². The number of halogens is 1. The van der Waals surface area contributed by atoms with Crippen LogP contribution in [-0.4, -0.2) is 42.1 Å². The van der Waals surface area contributed by atoms with Crippen LogP contribution in [0, 0.1) is 0 Å². The van der Waals surface area contributed by atoms with Crippen molar-refractivity contribution in [2.45, 2.75) is 31.4 Å². The summed E-state index contributed by atoms with van der Waals surface area (Å²) in [5.41, 5.74) is 3.10. The molecule has 0 bridgehead atoms. The summed E-state index contributed by atoms with van der Waals surface area (Å²) in [6, 6.07) is 9.41. The molecule has 0 spiro atoms. The topological polar surface area (TPSA) is 12.5 Å². The molecular formula is C15H20BrNO. The maximum atomic E-state index is 5.78. The van der Waals surface area contributed by atoms with Gasteiger partial charge in [-0.15, -0.1) is 0 Å². The van der Waals surface area contributed by atoms with Crippen molar-refractivity contribution in [3.63, 3.8) is 0 Å². The van der Waals surface area contributed by atoms with Gasteiger partial charge in [-0.25, -0.2) is 0 Å². The lowest BCUT2D eigenvalue weighted by atomic mass is 9.77. The first kappa shape index (κ1) is 12.6. The van der Waals surface area contributed by atoms with Gasteiger partial charge in [0.25, 0.3) is 0 Å². The minimum atomic E-state index is 0.358. The lowest BCUT2D eigenvalue weighted by Crippen LogP contribution is -2.50. The van der Waals surface area contributed by atoms with Crippen LogP contribution < -0.4 is 0 Å². The van der Waals surface area contributed by atoms with Crippen molar-refractivity contribution in [3.05, 3.63) is 35.4 Å². The number of ether oxygens (including phenoxy) is 1. The highest BCUT2D eigenvalue weighted by atomic mass is 79.9. The molecule has 3 heteroatoms. The minimum absolute atomic E-state index is 0.358. The van der Waals surface area contributed by atoms with Crippen LogP contribution in [0.5, 0.6) is 0 Å². The molecule has 3 atom stereocenters. The average Bonchev–Trinajstić information content (AvgIpc) is 2.38. The molecule has 1 heterocycles. The van der Waals surface area contributed by atoms with E-state index in [1.165, 1.54) is 13.0 Å². The summed E-state index contributed by atoms with van der Waals surface area (Å²) >= 11 is 3.53. The van der Waals surface area contributed by atoms with E-state index in [0.29, 0.717) is 12.1 Å². The molecule has 1 fully saturated rings. The van der Waals surface area contributed by atoms with Gasteiger partial charge in [-0.3, -0.25) is 4.90 Å². The van der Waals surface area contributed by atoms with Crippen molar-refractivity contribution in [2.75, 3.05) is 25.0 Å². The molecule has 1 saturated heterocycles. The fourth-order valence-corrected chi connectivity index (χ4v) is 3.42. The normalized spacial score (nSPS) is 31.8. The van der Waals surface area contributed by atoms with Gasteiger partial charge < -0.3 is 4.74 Å². The zero-order valence-corrected chi connectivity index (χ0v) is 12.4. The van der Waals surface area contributed by atoms with E-state index in [1.807, 2.05) is 0 Å². The van der Waals surface area contributed by atoms with Crippen molar-refractivity contribution >= 4 is 15.9 Å². The third-order valence-electron chi connectivity index (χ3n) is 4.22. The lowest BCUT2D eigenvalue weighted by molar-refractivity contribution is -0.0491. The number of hydrogen-bond donors (Lipinski definition) is 0. The minimum Gasteiger partial charge on any atom is -0.374 e. The number of hydrogen-bond acceptors (Lipinski definition) is 2. The molecule has 0 amide bonds. The number of nitrogens with zero attached hydrogens (tertiary/aromatic N) is 1. The summed E-state index contributed by atoms with van der Waals surface area (Å²) in [7, 11) is 0. The van der Waals surface area contributed by atoms with Crippen molar-refractivity contribution in [3.8, 4) is 0 Å². The molecule has 1 aliphatic heterocycles. The third-order valence-corrected chi connectivity index (χ3v) is 4.95. The highest BCUT2D eigenvalue weighted by molar-refractivity contribution is 9.09. The SMILES string of the molecule is CC1COC(CBr)CN1CC1Cc2ccccc21. The van der Waals surface area contributed by atoms with E-state index in [1.54, 1.807) is 11.1 Å². The van der Waals surface area contributed by atoms with E-state index < -0.39 is 0 Å². The Morgan fingerprint density at radius 3 is 3.00 bits per heavy atom. The first-order chi connectivity index (χ1) is 8.78. The Morgan fingerprint density at radius 2 is 2.22 bits per heavy atom. The van der Waals surface area contributed by atoms with Gasteiger partial charge in [-0.2, -0.15) is 0 Å². The zero-order valence-electron chi connectivity index (χ0n) is 10.8. The van der Waals surface area contributed by atoms with Crippen LogP contribution in [0.25, 0.3) is 0 Å². The Bertz CT molecular complexity index is 423. The van der Waals surface area contributed by atoms with Crippen LogP contribution in [0.2, 0.25) is 0 Å². The van der Waals surface area contributed by atoms with E-state index in [4.69, 9.17) is 4.74 Å². The molecule has 98 valence electrons. The molecule has 0 saturated carbocycles. The van der Waals surface area contributed by atoms with Crippen LogP contribution in [0.1, 0.15) is 24.0 Å². The summed E-state index contributed by atoms with van der Waals surface area (Å²) in [6.45, 7) is 5.38. The molecular weight excluding hydrogens is 290 g/mol. The molecule has 0 N–H and O–H groups in total. The van der Waals surface area contributed by atoms with Crippen molar-refractivity contribution in [1.29, 1.82) is 0 Å². The largest absolute Gasteiger partial charge is 0.374 e. The summed E-state index contributed by atoms with van der Waals surface area (Å²) < 4.78 is 5.78. The molecule has 3 unspecified atom stereocenters. The highest BCUT2D eigenvalue weighted by Crippen LogP contribution is 2.36. The van der Waals surface area contributed by atoms with Gasteiger partial charge >= 0.3 is 0 Å². The monoisotopic (exact) mass is 309 g/mol. The van der Waals surface area contributed by atoms with E-state index in [0.717, 1.165) is 24.4 Å². The second-order valence-corrected chi connectivity index (χ2v) is 6.16. The van der Waals surface area contributed by atoms with Gasteiger partial charge in [0.05, 0.1) is 12.7 Å². The molecule has 0 radical (unpaired) electrons. The third kappa shape index (κ3) is 2.36. The van der Waals surface area contributed by atoms with E-state index in [2.05, 4.69) is 52.0 Å². The van der Waals surface area contributed by atoms with Crippen LogP contribution in [0.15, 0.2) is 24.3 Å². The van der Waals surface area contributed by atoms with Gasteiger partial charge in [0.2, 0.25) is 0 Å². The number of benzene rings is 1. The van der Waals surface area contributed by atoms with Crippen LogP contribution in [-0.2, 0) is 11.2 Å². The predicted molar refractivity (Wildman–Crippen MR) is 77.5 cm³/mol. The van der Waals surface area contributed by atoms with Gasteiger partial charge in [-0.05, 0) is 24.5 Å². The van der Waals surface area contributed by atoms with Crippen molar-refractivity contribution < 1.29 is 4.74 Å². The maximum absolute atomic E-state index is 5.78. The van der Waals surface area contributed by atoms with Crippen molar-refractivity contribution in [1.82, 2.24) is 4.90 Å². The van der Waals surface area contributed by atoms with E-state index >= 15 is 0 Å². The Morgan fingerprint density at radius 1 is 1.39 bits per heavy atom. The second-order valence-electron chi connectivity index (χ2n) is 5.51. The van der Waals surface area contributed by atoms with E-state index in [9.17, 15) is 0 Å². The standard InChI is InChI=1S/C15H20BrNO/c1-11-10-18-14(7-16)9-17(11)8-13-6-12-4-2-3-5-15(12)13/h2-5,11,13-14H,6-10H2,1H3. The fourth-order valence-electron chi connectivity index (χ4n) is 3.03. The number of rotatable bonds is 3. The molecule has 1 aromatic carbocycles. The number of fused-ring (bicyclic) bond motifs is 1. The molecule has 0 aromatic heterocycles. The molecule has 2 aliphatic rings. The van der Waals surface area contributed by atoms with Gasteiger partial charge in [-0.1, -0.05) is 40.2 Å². The van der Waals surface area contributed by atoms with Crippen LogP contribution in [0.4, 0.5) is 0 Å². The summed E-state index contributed by atoms with van der Waals surface area (Å²) in [5, 5.41) is 0.942. The van der Waals surface area contributed by atoms with Crippen LogP contribution >= 0.6 is 15.9 Å². The zero-order chi connectivity index (χ0) is 12.5. The van der Waals surface area contributed by atoms with Crippen LogP contribution in [0.3, 0.4) is 0 Å². The molecule has 2 nitrogen and oxygen atoms in total. The number of alkyl halides is 1. The Balaban J connectivity index is 1.63. The highest BCUT2D eigenvalue weighted by Gasteiger charge is 2.32. The van der Waals surface area contributed by atoms with Crippen molar-refractivity contribution in [2.24, 2.45) is 0 Å². The Hall–Kier alpha value is -0.380. The molecule has 1 aromatic rings. The first-order valence-electron chi connectivity index (χ1n) is 6.77. The van der Waals surface area contributed by atoms with E-state index in [-0.39, 0.29) is 0 Å². The predicted octanol–water partition coefficient (Wildman–Crippen LogP) is 2.81. The fraction of sp³-hybridized carbons (Fsp3) is 0.600. The molecule has 1 aliphatic carbocycles. The summed E-state index contributed by atoms with van der Waals surface area (Å²) in [5.74, 6) is 0.734. The second kappa shape index (κ2) is 5.32. The average molecular weight is 310 g/mol. The summed E-state index contributed by atoms with van der Waals surface area (Å²) in [6.07, 6.45) is 1.61. The Labute approximate surface area is 117 Å². The number of morpholine rings is 1.